The minimum atomic E-state index is -3.97. The van der Waals surface area contributed by atoms with Gasteiger partial charge < -0.3 is 10.1 Å². The number of nitrogens with one attached hydrogen (secondary N) is 2. The van der Waals surface area contributed by atoms with Crippen LogP contribution < -0.4 is 9.60 Å². The summed E-state index contributed by atoms with van der Waals surface area (Å²) in [6.07, 6.45) is 0. The van der Waals surface area contributed by atoms with Crippen molar-refractivity contribution in [2.75, 3.05) is 0 Å². The van der Waals surface area contributed by atoms with Gasteiger partial charge >= 0.3 is 10.8 Å². The lowest BCUT2D eigenvalue weighted by Gasteiger charge is -2.03. The van der Waals surface area contributed by atoms with Gasteiger partial charge in [-0.2, -0.15) is 0 Å². The normalized spacial score (nSPS) is 11.6. The van der Waals surface area contributed by atoms with Crippen molar-refractivity contribution in [1.82, 2.24) is 14.7 Å². The first-order chi connectivity index (χ1) is 8.90. The lowest BCUT2D eigenvalue weighted by atomic mass is 10.5. The molecule has 11 heteroatoms. The fraction of sp³-hybridized carbons (Fsp3) is 0.125. The lowest BCUT2D eigenvalue weighted by Crippen LogP contribution is -2.24. The molecule has 0 fully saturated rings. The monoisotopic (exact) mass is 321 g/mol. The molecule has 0 aliphatic rings. The number of aromatic carboxylic acids is 1. The van der Waals surface area contributed by atoms with E-state index in [-0.39, 0.29) is 15.6 Å². The standard InChI is InChI=1S/C8H7N3O5S3/c12-6(13)5-7(18-3-9-5)19(15,16)10-1-4-2-17-8(14)11-4/h2-3,10H,1H2,(H,11,14)(H,12,13). The molecule has 2 aromatic rings. The summed E-state index contributed by atoms with van der Waals surface area (Å²) in [6, 6.07) is 0. The van der Waals surface area contributed by atoms with Crippen molar-refractivity contribution >= 4 is 38.7 Å². The molecule has 2 heterocycles. The summed E-state index contributed by atoms with van der Waals surface area (Å²) in [4.78, 5) is 27.3. The van der Waals surface area contributed by atoms with Gasteiger partial charge in [-0.3, -0.25) is 4.79 Å². The number of H-pyrrole nitrogens is 1. The second kappa shape index (κ2) is 5.21. The number of nitrogens with zero attached hydrogens (tertiary/aromatic N) is 1. The van der Waals surface area contributed by atoms with Crippen LogP contribution in [0.2, 0.25) is 0 Å². The topological polar surface area (TPSA) is 129 Å². The molecule has 0 atom stereocenters. The third kappa shape index (κ3) is 3.07. The maximum atomic E-state index is 11.9. The van der Waals surface area contributed by atoms with Crippen LogP contribution in [0.25, 0.3) is 0 Å². The first-order valence-corrected chi connectivity index (χ1v) is 7.97. The minimum Gasteiger partial charge on any atom is -0.476 e. The van der Waals surface area contributed by atoms with Gasteiger partial charge in [-0.05, 0) is 0 Å². The van der Waals surface area contributed by atoms with Gasteiger partial charge in [0.1, 0.15) is 0 Å². The number of carboxylic acid groups (broad SMARTS) is 1. The number of thiazole rings is 2. The number of aromatic amines is 1. The third-order valence-electron chi connectivity index (χ3n) is 2.01. The number of hydrogen-bond donors (Lipinski definition) is 3. The summed E-state index contributed by atoms with van der Waals surface area (Å²) in [5.74, 6) is -1.41. The zero-order valence-electron chi connectivity index (χ0n) is 9.11. The number of aromatic nitrogens is 2. The van der Waals surface area contributed by atoms with Crippen molar-refractivity contribution in [2.45, 2.75) is 10.8 Å². The maximum Gasteiger partial charge on any atom is 0.356 e. The minimum absolute atomic E-state index is 0.127. The number of carbonyl (C=O) groups is 1. The number of hydrogen-bond acceptors (Lipinski definition) is 7. The second-order valence-electron chi connectivity index (χ2n) is 3.29. The van der Waals surface area contributed by atoms with Crippen LogP contribution in [0, 0.1) is 0 Å². The van der Waals surface area contributed by atoms with Gasteiger partial charge in [0.05, 0.1) is 12.1 Å². The average Bonchev–Trinajstić information content (AvgIpc) is 2.94. The van der Waals surface area contributed by atoms with Crippen LogP contribution in [-0.2, 0) is 16.6 Å². The molecule has 0 amide bonds. The Morgan fingerprint density at radius 3 is 2.79 bits per heavy atom. The molecule has 0 radical (unpaired) electrons. The van der Waals surface area contributed by atoms with E-state index in [2.05, 4.69) is 14.7 Å². The SMILES string of the molecule is O=C(O)c1ncsc1S(=O)(=O)NCc1csc(=O)[nH]1. The van der Waals surface area contributed by atoms with Gasteiger partial charge in [-0.25, -0.2) is 22.9 Å². The summed E-state index contributed by atoms with van der Waals surface area (Å²) in [6.45, 7) is -0.127. The van der Waals surface area contributed by atoms with E-state index in [1.54, 1.807) is 0 Å². The zero-order valence-corrected chi connectivity index (χ0v) is 11.6. The molecule has 0 bridgehead atoms. The Morgan fingerprint density at radius 2 is 2.21 bits per heavy atom. The van der Waals surface area contributed by atoms with Gasteiger partial charge in [0.25, 0.3) is 10.0 Å². The Labute approximate surface area is 114 Å². The van der Waals surface area contributed by atoms with Gasteiger partial charge in [-0.1, -0.05) is 11.3 Å². The largest absolute Gasteiger partial charge is 0.476 e. The smallest absolute Gasteiger partial charge is 0.356 e. The van der Waals surface area contributed by atoms with E-state index in [1.807, 2.05) is 0 Å². The maximum absolute atomic E-state index is 11.9. The molecule has 19 heavy (non-hydrogen) atoms. The van der Waals surface area contributed by atoms with E-state index in [4.69, 9.17) is 5.11 Å². The van der Waals surface area contributed by atoms with Crippen LogP contribution in [0.5, 0.6) is 0 Å². The summed E-state index contributed by atoms with van der Waals surface area (Å²) in [7, 11) is -3.97. The van der Waals surface area contributed by atoms with Crippen LogP contribution in [0.3, 0.4) is 0 Å². The summed E-state index contributed by atoms with van der Waals surface area (Å²) >= 11 is 1.62. The van der Waals surface area contributed by atoms with Crippen molar-refractivity contribution in [3.05, 3.63) is 31.9 Å². The van der Waals surface area contributed by atoms with E-state index in [1.165, 1.54) is 5.38 Å². The Bertz CT molecular complexity index is 756. The average molecular weight is 321 g/mol. The number of sulfonamides is 1. The molecular formula is C8H7N3O5S3. The van der Waals surface area contributed by atoms with Crippen molar-refractivity contribution in [1.29, 1.82) is 0 Å². The number of rotatable bonds is 5. The van der Waals surface area contributed by atoms with E-state index in [0.29, 0.717) is 17.0 Å². The zero-order chi connectivity index (χ0) is 14.0. The highest BCUT2D eigenvalue weighted by Gasteiger charge is 2.25. The summed E-state index contributed by atoms with van der Waals surface area (Å²) in [5.41, 5.74) is 1.03. The quantitative estimate of drug-likeness (QED) is 0.714. The first kappa shape index (κ1) is 13.9. The molecule has 0 saturated heterocycles. The van der Waals surface area contributed by atoms with Gasteiger partial charge in [0.15, 0.2) is 9.90 Å². The van der Waals surface area contributed by atoms with Gasteiger partial charge in [-0.15, -0.1) is 11.3 Å². The van der Waals surface area contributed by atoms with Crippen LogP contribution in [-0.4, -0.2) is 29.5 Å². The van der Waals surface area contributed by atoms with Crippen molar-refractivity contribution in [3.8, 4) is 0 Å². The molecule has 2 rings (SSSR count). The van der Waals surface area contributed by atoms with Crippen LogP contribution in [0.15, 0.2) is 19.9 Å². The van der Waals surface area contributed by atoms with Crippen molar-refractivity contribution in [2.24, 2.45) is 0 Å². The molecule has 3 N–H and O–H groups in total. The van der Waals surface area contributed by atoms with Crippen LogP contribution >= 0.6 is 22.7 Å². The summed E-state index contributed by atoms with van der Waals surface area (Å²) < 4.78 is 25.7. The van der Waals surface area contributed by atoms with Gasteiger partial charge in [0, 0.05) is 11.1 Å². The van der Waals surface area contributed by atoms with Crippen LogP contribution in [0.4, 0.5) is 0 Å². The highest BCUT2D eigenvalue weighted by atomic mass is 32.2. The molecule has 8 nitrogen and oxygen atoms in total. The van der Waals surface area contributed by atoms with E-state index in [9.17, 15) is 18.0 Å². The molecule has 0 unspecified atom stereocenters. The first-order valence-electron chi connectivity index (χ1n) is 4.73. The molecule has 102 valence electrons. The molecule has 0 saturated carbocycles. The lowest BCUT2D eigenvalue weighted by molar-refractivity contribution is 0.0687. The predicted molar refractivity (Wildman–Crippen MR) is 68.0 cm³/mol. The molecule has 0 aliphatic heterocycles. The predicted octanol–water partition coefficient (Wildman–Crippen LogP) is 0.0696. The highest BCUT2D eigenvalue weighted by molar-refractivity contribution is 7.91. The molecular weight excluding hydrogens is 314 g/mol. The third-order valence-corrected chi connectivity index (χ3v) is 5.49. The van der Waals surface area contributed by atoms with E-state index < -0.39 is 21.7 Å². The van der Waals surface area contributed by atoms with Crippen molar-refractivity contribution in [3.63, 3.8) is 0 Å². The second-order valence-corrected chi connectivity index (χ2v) is 6.95. The molecule has 2 aromatic heterocycles. The Balaban J connectivity index is 2.21. The van der Waals surface area contributed by atoms with Crippen molar-refractivity contribution < 1.29 is 18.3 Å². The Hall–Kier alpha value is -1.56. The van der Waals surface area contributed by atoms with E-state index >= 15 is 0 Å². The number of carboxylic acids is 1. The fourth-order valence-corrected chi connectivity index (χ4v) is 3.98. The molecule has 0 aliphatic carbocycles. The Kier molecular flexibility index (Phi) is 3.80. The Morgan fingerprint density at radius 1 is 1.47 bits per heavy atom. The highest BCUT2D eigenvalue weighted by Crippen LogP contribution is 2.19. The molecule has 0 aromatic carbocycles. The summed E-state index contributed by atoms with van der Waals surface area (Å²) in [5, 5.41) is 10.3. The fourth-order valence-electron chi connectivity index (χ4n) is 1.21. The van der Waals surface area contributed by atoms with Gasteiger partial charge in [0.2, 0.25) is 0 Å². The van der Waals surface area contributed by atoms with Crippen LogP contribution in [0.1, 0.15) is 16.2 Å². The van der Waals surface area contributed by atoms with E-state index in [0.717, 1.165) is 16.8 Å². The molecule has 0 spiro atoms.